The van der Waals surface area contributed by atoms with Crippen molar-refractivity contribution < 1.29 is 4.74 Å². The molecule has 4 nitrogen and oxygen atoms in total. The summed E-state index contributed by atoms with van der Waals surface area (Å²) in [4.78, 5) is 8.09. The molecular weight excluding hydrogens is 382 g/mol. The first kappa shape index (κ1) is 20.8. The number of anilines is 1. The molecule has 2 saturated heterocycles. The molecule has 2 aliphatic heterocycles. The summed E-state index contributed by atoms with van der Waals surface area (Å²) in [6.45, 7) is 8.34. The molecule has 4 heteroatoms. The van der Waals surface area contributed by atoms with Crippen molar-refractivity contribution in [3.8, 4) is 5.75 Å². The third-order valence-corrected chi connectivity index (χ3v) is 7.96. The summed E-state index contributed by atoms with van der Waals surface area (Å²) in [5.74, 6) is 1.00. The van der Waals surface area contributed by atoms with E-state index < -0.39 is 0 Å². The number of aryl methyl sites for hydroxylation is 1. The Morgan fingerprint density at radius 1 is 0.839 bits per heavy atom. The molecule has 1 atom stereocenters. The molecule has 0 radical (unpaired) electrons. The number of ether oxygens (including phenoxy) is 1. The van der Waals surface area contributed by atoms with Crippen LogP contribution >= 0.6 is 0 Å². The zero-order chi connectivity index (χ0) is 21.1. The zero-order valence-corrected chi connectivity index (χ0v) is 19.1. The highest BCUT2D eigenvalue weighted by Crippen LogP contribution is 2.40. The third kappa shape index (κ3) is 4.47. The molecule has 0 amide bonds. The zero-order valence-electron chi connectivity index (χ0n) is 19.1. The lowest BCUT2D eigenvalue weighted by Crippen LogP contribution is -2.57. The molecule has 31 heavy (non-hydrogen) atoms. The fraction of sp³-hybridized carbons (Fsp3) is 0.556. The van der Waals surface area contributed by atoms with E-state index in [1.54, 1.807) is 12.7 Å². The lowest BCUT2D eigenvalue weighted by Gasteiger charge is -2.51. The first-order chi connectivity index (χ1) is 15.3. The van der Waals surface area contributed by atoms with Crippen molar-refractivity contribution in [3.63, 3.8) is 0 Å². The molecule has 5 rings (SSSR count). The van der Waals surface area contributed by atoms with Gasteiger partial charge in [0.2, 0.25) is 0 Å². The van der Waals surface area contributed by atoms with Crippen LogP contribution in [0, 0.1) is 0 Å². The minimum atomic E-state index is 0.381. The van der Waals surface area contributed by atoms with Gasteiger partial charge < -0.3 is 9.64 Å². The van der Waals surface area contributed by atoms with Gasteiger partial charge in [0.05, 0.1) is 7.11 Å². The van der Waals surface area contributed by atoms with Crippen LogP contribution in [0.1, 0.15) is 36.8 Å². The summed E-state index contributed by atoms with van der Waals surface area (Å²) in [7, 11) is 1.77. The number of fused-ring (bicyclic) bond motifs is 1. The SMILES string of the molecule is COc1ccc2c(c1)CCC1(CCCCN1CCN1CCN(c3ccccc3)CC1)C2. The maximum Gasteiger partial charge on any atom is 0.119 e. The van der Waals surface area contributed by atoms with Crippen LogP contribution in [0.4, 0.5) is 5.69 Å². The maximum atomic E-state index is 5.46. The van der Waals surface area contributed by atoms with Gasteiger partial charge in [0.1, 0.15) is 5.75 Å². The molecule has 166 valence electrons. The molecule has 0 bridgehead atoms. The van der Waals surface area contributed by atoms with Gasteiger partial charge >= 0.3 is 0 Å². The Morgan fingerprint density at radius 3 is 2.48 bits per heavy atom. The van der Waals surface area contributed by atoms with Crippen molar-refractivity contribution in [2.24, 2.45) is 0 Å². The summed E-state index contributed by atoms with van der Waals surface area (Å²) in [5.41, 5.74) is 4.81. The first-order valence-electron chi connectivity index (χ1n) is 12.2. The largest absolute Gasteiger partial charge is 0.497 e. The van der Waals surface area contributed by atoms with Gasteiger partial charge in [-0.15, -0.1) is 0 Å². The second-order valence-electron chi connectivity index (χ2n) is 9.64. The molecule has 1 aliphatic carbocycles. The van der Waals surface area contributed by atoms with Crippen LogP contribution in [0.5, 0.6) is 5.75 Å². The average Bonchev–Trinajstić information content (AvgIpc) is 2.84. The highest BCUT2D eigenvalue weighted by atomic mass is 16.5. The normalized spacial score (nSPS) is 24.9. The number of benzene rings is 2. The molecule has 0 N–H and O–H groups in total. The minimum Gasteiger partial charge on any atom is -0.497 e. The average molecular weight is 420 g/mol. The summed E-state index contributed by atoms with van der Waals surface area (Å²) in [5, 5.41) is 0. The predicted octanol–water partition coefficient (Wildman–Crippen LogP) is 4.23. The number of hydrogen-bond acceptors (Lipinski definition) is 4. The molecule has 2 fully saturated rings. The van der Waals surface area contributed by atoms with Crippen LogP contribution < -0.4 is 9.64 Å². The highest BCUT2D eigenvalue weighted by molar-refractivity contribution is 5.46. The van der Waals surface area contributed by atoms with Crippen molar-refractivity contribution in [2.75, 3.05) is 57.8 Å². The van der Waals surface area contributed by atoms with E-state index in [0.717, 1.165) is 18.8 Å². The van der Waals surface area contributed by atoms with Crippen molar-refractivity contribution >= 4 is 5.69 Å². The Labute approximate surface area is 187 Å². The lowest BCUT2D eigenvalue weighted by molar-refractivity contribution is 0.0252. The van der Waals surface area contributed by atoms with E-state index in [0.29, 0.717) is 5.54 Å². The minimum absolute atomic E-state index is 0.381. The Bertz CT molecular complexity index is 862. The number of piperazine rings is 1. The number of para-hydroxylation sites is 1. The maximum absolute atomic E-state index is 5.46. The van der Waals surface area contributed by atoms with Crippen LogP contribution in [-0.4, -0.2) is 68.3 Å². The number of piperidine rings is 1. The van der Waals surface area contributed by atoms with Gasteiger partial charge in [-0.3, -0.25) is 9.80 Å². The van der Waals surface area contributed by atoms with E-state index in [4.69, 9.17) is 4.74 Å². The third-order valence-electron chi connectivity index (χ3n) is 7.96. The van der Waals surface area contributed by atoms with Gasteiger partial charge in [-0.1, -0.05) is 30.7 Å². The van der Waals surface area contributed by atoms with E-state index in [-0.39, 0.29) is 0 Å². The van der Waals surface area contributed by atoms with Crippen molar-refractivity contribution in [1.29, 1.82) is 0 Å². The molecule has 3 aliphatic rings. The van der Waals surface area contributed by atoms with Gasteiger partial charge in [-0.05, 0) is 74.0 Å². The Morgan fingerprint density at radius 2 is 1.68 bits per heavy atom. The van der Waals surface area contributed by atoms with Gasteiger partial charge in [0.25, 0.3) is 0 Å². The van der Waals surface area contributed by atoms with Crippen molar-refractivity contribution in [3.05, 3.63) is 59.7 Å². The van der Waals surface area contributed by atoms with Gasteiger partial charge in [-0.25, -0.2) is 0 Å². The molecule has 2 aromatic rings. The summed E-state index contributed by atoms with van der Waals surface area (Å²) in [6.07, 6.45) is 7.82. The topological polar surface area (TPSA) is 19.0 Å². The van der Waals surface area contributed by atoms with E-state index in [1.165, 1.54) is 82.5 Å². The monoisotopic (exact) mass is 419 g/mol. The van der Waals surface area contributed by atoms with Crippen molar-refractivity contribution in [2.45, 2.75) is 44.1 Å². The van der Waals surface area contributed by atoms with E-state index >= 15 is 0 Å². The van der Waals surface area contributed by atoms with Crippen LogP contribution in [-0.2, 0) is 12.8 Å². The van der Waals surface area contributed by atoms with Crippen molar-refractivity contribution in [1.82, 2.24) is 9.80 Å². The second-order valence-corrected chi connectivity index (χ2v) is 9.64. The Kier molecular flexibility index (Phi) is 6.20. The van der Waals surface area contributed by atoms with E-state index in [9.17, 15) is 0 Å². The highest BCUT2D eigenvalue weighted by Gasteiger charge is 2.41. The fourth-order valence-electron chi connectivity index (χ4n) is 6.06. The molecule has 2 heterocycles. The smallest absolute Gasteiger partial charge is 0.119 e. The van der Waals surface area contributed by atoms with Gasteiger partial charge in [0.15, 0.2) is 0 Å². The second kappa shape index (κ2) is 9.22. The van der Waals surface area contributed by atoms with Crippen LogP contribution in [0.15, 0.2) is 48.5 Å². The fourth-order valence-corrected chi connectivity index (χ4v) is 6.06. The Balaban J connectivity index is 1.19. The quantitative estimate of drug-likeness (QED) is 0.722. The number of hydrogen-bond donors (Lipinski definition) is 0. The van der Waals surface area contributed by atoms with E-state index in [1.807, 2.05) is 0 Å². The Hall–Kier alpha value is -2.04. The van der Waals surface area contributed by atoms with E-state index in [2.05, 4.69) is 63.2 Å². The lowest BCUT2D eigenvalue weighted by atomic mass is 9.72. The first-order valence-corrected chi connectivity index (χ1v) is 12.2. The number of nitrogens with zero attached hydrogens (tertiary/aromatic N) is 3. The summed E-state index contributed by atoms with van der Waals surface area (Å²) in [6, 6.07) is 17.6. The molecule has 1 unspecified atom stereocenters. The van der Waals surface area contributed by atoms with Crippen LogP contribution in [0.25, 0.3) is 0 Å². The summed E-state index contributed by atoms with van der Waals surface area (Å²) >= 11 is 0. The standard InChI is InChI=1S/C27H37N3O/c1-31-26-10-9-24-22-27(13-11-23(24)21-26)12-5-6-14-30(27)20-17-28-15-18-29(19-16-28)25-7-3-2-4-8-25/h2-4,7-10,21H,5-6,11-20,22H2,1H3. The number of likely N-dealkylation sites (tertiary alicyclic amines) is 1. The summed E-state index contributed by atoms with van der Waals surface area (Å²) < 4.78 is 5.46. The van der Waals surface area contributed by atoms with Gasteiger partial charge in [-0.2, -0.15) is 0 Å². The van der Waals surface area contributed by atoms with Crippen LogP contribution in [0.2, 0.25) is 0 Å². The number of rotatable bonds is 5. The molecule has 0 saturated carbocycles. The molecular formula is C27H37N3O. The molecule has 2 aromatic carbocycles. The van der Waals surface area contributed by atoms with Crippen LogP contribution in [0.3, 0.4) is 0 Å². The number of methoxy groups -OCH3 is 1. The molecule has 1 spiro atoms. The predicted molar refractivity (Wildman–Crippen MR) is 128 cm³/mol. The van der Waals surface area contributed by atoms with Gasteiger partial charge in [0, 0.05) is 50.5 Å². The molecule has 0 aromatic heterocycles.